The number of aryl methyl sites for hydroxylation is 1. The van der Waals surface area contributed by atoms with Crippen molar-refractivity contribution in [3.8, 4) is 0 Å². The fraction of sp³-hybridized carbons (Fsp3) is 0.125. The summed E-state index contributed by atoms with van der Waals surface area (Å²) in [6.45, 7) is 0. The lowest BCUT2D eigenvalue weighted by molar-refractivity contribution is 0.0693. The molecule has 0 spiro atoms. The zero-order valence-electron chi connectivity index (χ0n) is 6.93. The van der Waals surface area contributed by atoms with Crippen molar-refractivity contribution in [1.29, 1.82) is 0 Å². The van der Waals surface area contributed by atoms with Crippen LogP contribution in [0.15, 0.2) is 18.5 Å². The highest BCUT2D eigenvalue weighted by atomic mass is 16.4. The molecule has 0 atom stereocenters. The molecule has 0 aromatic carbocycles. The number of hydrogen-bond acceptors (Lipinski definition) is 3. The number of fused-ring (bicyclic) bond motifs is 1. The second-order valence-electron chi connectivity index (χ2n) is 2.67. The van der Waals surface area contributed by atoms with E-state index >= 15 is 0 Å². The van der Waals surface area contributed by atoms with E-state index in [4.69, 9.17) is 5.11 Å². The fourth-order valence-electron chi connectivity index (χ4n) is 1.25. The van der Waals surface area contributed by atoms with Crippen LogP contribution < -0.4 is 0 Å². The van der Waals surface area contributed by atoms with E-state index in [9.17, 15) is 4.79 Å². The van der Waals surface area contributed by atoms with Crippen molar-refractivity contribution >= 4 is 16.9 Å². The minimum absolute atomic E-state index is 0.0469. The van der Waals surface area contributed by atoms with Crippen molar-refractivity contribution in [3.05, 3.63) is 24.2 Å². The summed E-state index contributed by atoms with van der Waals surface area (Å²) in [7, 11) is 1.76. The molecule has 2 aromatic heterocycles. The normalized spacial score (nSPS) is 10.5. The molecule has 0 aliphatic rings. The summed E-state index contributed by atoms with van der Waals surface area (Å²) in [5.41, 5.74) is 0.818. The van der Waals surface area contributed by atoms with Gasteiger partial charge in [-0.15, -0.1) is 0 Å². The summed E-state index contributed by atoms with van der Waals surface area (Å²) in [6, 6.07) is 1.73. The molecule has 66 valence electrons. The highest BCUT2D eigenvalue weighted by Crippen LogP contribution is 2.14. The molecule has 13 heavy (non-hydrogen) atoms. The molecule has 2 aromatic rings. The number of aromatic nitrogens is 3. The number of carboxylic acids is 1. The molecule has 0 unspecified atom stereocenters. The monoisotopic (exact) mass is 177 g/mol. The Morgan fingerprint density at radius 3 is 3.08 bits per heavy atom. The quantitative estimate of drug-likeness (QED) is 0.695. The third-order valence-corrected chi connectivity index (χ3v) is 1.88. The fourth-order valence-corrected chi connectivity index (χ4v) is 1.25. The smallest absolute Gasteiger partial charge is 0.355 e. The van der Waals surface area contributed by atoms with Crippen molar-refractivity contribution in [3.63, 3.8) is 0 Å². The van der Waals surface area contributed by atoms with Crippen LogP contribution in [0.3, 0.4) is 0 Å². The molecule has 0 saturated carbocycles. The second-order valence-corrected chi connectivity index (χ2v) is 2.67. The van der Waals surface area contributed by atoms with Gasteiger partial charge in [0.15, 0.2) is 5.69 Å². The van der Waals surface area contributed by atoms with Crippen LogP contribution in [-0.4, -0.2) is 25.8 Å². The average molecular weight is 177 g/mol. The molecule has 0 aliphatic heterocycles. The first-order chi connectivity index (χ1) is 6.20. The average Bonchev–Trinajstić information content (AvgIpc) is 2.48. The van der Waals surface area contributed by atoms with Crippen LogP contribution in [0.25, 0.3) is 10.9 Å². The van der Waals surface area contributed by atoms with Crippen molar-refractivity contribution in [2.75, 3.05) is 0 Å². The van der Waals surface area contributed by atoms with Gasteiger partial charge in [-0.2, -0.15) is 5.10 Å². The van der Waals surface area contributed by atoms with Crippen LogP contribution in [0.2, 0.25) is 0 Å². The van der Waals surface area contributed by atoms with Gasteiger partial charge in [-0.3, -0.25) is 4.68 Å². The summed E-state index contributed by atoms with van der Waals surface area (Å²) < 4.78 is 1.61. The maximum atomic E-state index is 10.7. The van der Waals surface area contributed by atoms with E-state index in [0.29, 0.717) is 5.39 Å². The predicted octanol–water partition coefficient (Wildman–Crippen LogP) is 0.666. The van der Waals surface area contributed by atoms with Gasteiger partial charge in [0.05, 0.1) is 17.1 Å². The van der Waals surface area contributed by atoms with Crippen molar-refractivity contribution in [2.45, 2.75) is 0 Å². The molecule has 0 fully saturated rings. The third-order valence-electron chi connectivity index (χ3n) is 1.88. The third kappa shape index (κ3) is 1.05. The Bertz CT molecular complexity index is 475. The van der Waals surface area contributed by atoms with E-state index in [1.54, 1.807) is 17.8 Å². The minimum Gasteiger partial charge on any atom is -0.476 e. The molecule has 2 rings (SSSR count). The highest BCUT2D eigenvalue weighted by molar-refractivity contribution is 6.00. The second kappa shape index (κ2) is 2.55. The zero-order valence-corrected chi connectivity index (χ0v) is 6.93. The molecule has 0 aliphatic carbocycles. The van der Waals surface area contributed by atoms with E-state index in [1.807, 2.05) is 0 Å². The van der Waals surface area contributed by atoms with Crippen molar-refractivity contribution < 1.29 is 9.90 Å². The number of nitrogens with zero attached hydrogens (tertiary/aromatic N) is 3. The van der Waals surface area contributed by atoms with E-state index in [1.165, 1.54) is 12.4 Å². The van der Waals surface area contributed by atoms with Gasteiger partial charge in [0.2, 0.25) is 0 Å². The summed E-state index contributed by atoms with van der Waals surface area (Å²) in [4.78, 5) is 14.5. The Hall–Kier alpha value is -1.91. The SMILES string of the molecule is Cn1ncc2c(C(=O)O)nccc21. The number of pyridine rings is 1. The molecular formula is C8H7N3O2. The van der Waals surface area contributed by atoms with Crippen molar-refractivity contribution in [1.82, 2.24) is 14.8 Å². The lowest BCUT2D eigenvalue weighted by Crippen LogP contribution is -2.00. The van der Waals surface area contributed by atoms with Crippen LogP contribution in [0.1, 0.15) is 10.5 Å². The van der Waals surface area contributed by atoms with Gasteiger partial charge in [0, 0.05) is 13.2 Å². The van der Waals surface area contributed by atoms with Gasteiger partial charge in [0.1, 0.15) is 0 Å². The van der Waals surface area contributed by atoms with Crippen LogP contribution in [0.4, 0.5) is 0 Å². The maximum absolute atomic E-state index is 10.7. The lowest BCUT2D eigenvalue weighted by Gasteiger charge is -1.95. The Kier molecular flexibility index (Phi) is 1.51. The highest BCUT2D eigenvalue weighted by Gasteiger charge is 2.11. The Labute approximate surface area is 73.6 Å². The van der Waals surface area contributed by atoms with E-state index < -0.39 is 5.97 Å². The Morgan fingerprint density at radius 1 is 1.62 bits per heavy atom. The van der Waals surface area contributed by atoms with E-state index in [0.717, 1.165) is 5.52 Å². The van der Waals surface area contributed by atoms with E-state index in [2.05, 4.69) is 10.1 Å². The molecule has 2 heterocycles. The summed E-state index contributed by atoms with van der Waals surface area (Å²) >= 11 is 0. The number of carbonyl (C=O) groups is 1. The minimum atomic E-state index is -1.03. The first-order valence-corrected chi connectivity index (χ1v) is 3.70. The van der Waals surface area contributed by atoms with Crippen LogP contribution >= 0.6 is 0 Å². The molecule has 0 saturated heterocycles. The number of carboxylic acid groups (broad SMARTS) is 1. The van der Waals surface area contributed by atoms with Gasteiger partial charge in [-0.05, 0) is 6.07 Å². The van der Waals surface area contributed by atoms with Gasteiger partial charge >= 0.3 is 5.97 Å². The summed E-state index contributed by atoms with van der Waals surface area (Å²) in [6.07, 6.45) is 2.97. The molecule has 0 bridgehead atoms. The van der Waals surface area contributed by atoms with E-state index in [-0.39, 0.29) is 5.69 Å². The number of rotatable bonds is 1. The van der Waals surface area contributed by atoms with Crippen LogP contribution in [0, 0.1) is 0 Å². The molecule has 1 N–H and O–H groups in total. The zero-order chi connectivity index (χ0) is 9.42. The predicted molar refractivity (Wildman–Crippen MR) is 45.5 cm³/mol. The largest absolute Gasteiger partial charge is 0.476 e. The van der Waals surface area contributed by atoms with Gasteiger partial charge in [-0.1, -0.05) is 0 Å². The van der Waals surface area contributed by atoms with Crippen LogP contribution in [0.5, 0.6) is 0 Å². The van der Waals surface area contributed by atoms with Crippen LogP contribution in [-0.2, 0) is 7.05 Å². The molecule has 5 nitrogen and oxygen atoms in total. The molecular weight excluding hydrogens is 170 g/mol. The van der Waals surface area contributed by atoms with Crippen molar-refractivity contribution in [2.24, 2.45) is 7.05 Å². The topological polar surface area (TPSA) is 68.0 Å². The summed E-state index contributed by atoms with van der Waals surface area (Å²) in [5.74, 6) is -1.03. The van der Waals surface area contributed by atoms with Gasteiger partial charge < -0.3 is 5.11 Å². The number of hydrogen-bond donors (Lipinski definition) is 1. The first kappa shape index (κ1) is 7.72. The Morgan fingerprint density at radius 2 is 2.38 bits per heavy atom. The maximum Gasteiger partial charge on any atom is 0.355 e. The lowest BCUT2D eigenvalue weighted by atomic mass is 10.2. The standard InChI is InChI=1S/C8H7N3O2/c1-11-6-2-3-9-7(8(12)13)5(6)4-10-11/h2-4H,1H3,(H,12,13). The molecule has 0 radical (unpaired) electrons. The summed E-state index contributed by atoms with van der Waals surface area (Å²) in [5, 5.41) is 13.3. The Balaban J connectivity index is 2.84. The molecule has 0 amide bonds. The van der Waals surface area contributed by atoms with Gasteiger partial charge in [-0.25, -0.2) is 9.78 Å². The first-order valence-electron chi connectivity index (χ1n) is 3.70. The number of aromatic carboxylic acids is 1. The molecule has 5 heteroatoms. The van der Waals surface area contributed by atoms with Gasteiger partial charge in [0.25, 0.3) is 0 Å².